The molecule has 1 heterocycles. The van der Waals surface area contributed by atoms with Crippen molar-refractivity contribution in [3.05, 3.63) is 40.6 Å². The Bertz CT molecular complexity index is 435. The van der Waals surface area contributed by atoms with Crippen LogP contribution in [-0.2, 0) is 0 Å². The first-order valence-corrected chi connectivity index (χ1v) is 5.23. The molecule has 1 aliphatic heterocycles. The number of benzene rings is 1. The van der Waals surface area contributed by atoms with Gasteiger partial charge in [-0.3, -0.25) is 4.99 Å². The highest BCUT2D eigenvalue weighted by molar-refractivity contribution is 7.80. The molecule has 3 heteroatoms. The molecular formula is C11H10ClNS. The Morgan fingerprint density at radius 2 is 2.21 bits per heavy atom. The van der Waals surface area contributed by atoms with Crippen LogP contribution in [0.3, 0.4) is 0 Å². The van der Waals surface area contributed by atoms with E-state index in [4.69, 9.17) is 11.6 Å². The first-order valence-electron chi connectivity index (χ1n) is 4.40. The lowest BCUT2D eigenvalue weighted by molar-refractivity contribution is 1.33. The highest BCUT2D eigenvalue weighted by atomic mass is 35.5. The molecular weight excluding hydrogens is 214 g/mol. The van der Waals surface area contributed by atoms with Crippen LogP contribution in [0.15, 0.2) is 39.9 Å². The van der Waals surface area contributed by atoms with E-state index in [1.54, 1.807) is 0 Å². The van der Waals surface area contributed by atoms with Gasteiger partial charge in [-0.15, -0.1) is 12.6 Å². The summed E-state index contributed by atoms with van der Waals surface area (Å²) in [6.07, 6.45) is 2.96. The van der Waals surface area contributed by atoms with Crippen LogP contribution in [0, 0.1) is 0 Å². The maximum absolute atomic E-state index is 6.14. The Labute approximate surface area is 93.9 Å². The molecule has 0 N–H and O–H groups in total. The smallest absolute Gasteiger partial charge is 0.0630 e. The van der Waals surface area contributed by atoms with Gasteiger partial charge in [-0.2, -0.15) is 0 Å². The van der Waals surface area contributed by atoms with Crippen molar-refractivity contribution in [1.29, 1.82) is 0 Å². The molecule has 72 valence electrons. The van der Waals surface area contributed by atoms with Gasteiger partial charge < -0.3 is 0 Å². The number of aliphatic imine (C=N–C) groups is 1. The molecule has 0 saturated heterocycles. The molecule has 2 rings (SSSR count). The largest absolute Gasteiger partial charge is 0.257 e. The van der Waals surface area contributed by atoms with Crippen molar-refractivity contribution in [3.8, 4) is 0 Å². The molecule has 0 saturated carbocycles. The fourth-order valence-electron chi connectivity index (χ4n) is 1.46. The number of nitrogens with zero attached hydrogens (tertiary/aromatic N) is 1. The molecule has 0 aromatic heterocycles. The van der Waals surface area contributed by atoms with Crippen molar-refractivity contribution < 1.29 is 0 Å². The van der Waals surface area contributed by atoms with Crippen molar-refractivity contribution in [3.63, 3.8) is 0 Å². The van der Waals surface area contributed by atoms with Gasteiger partial charge in [0.2, 0.25) is 0 Å². The Balaban J connectivity index is 2.44. The second-order valence-corrected chi connectivity index (χ2v) is 4.11. The summed E-state index contributed by atoms with van der Waals surface area (Å²) in [4.78, 5) is 5.22. The topological polar surface area (TPSA) is 12.4 Å². The van der Waals surface area contributed by atoms with Crippen LogP contribution < -0.4 is 0 Å². The van der Waals surface area contributed by atoms with E-state index in [2.05, 4.69) is 23.7 Å². The summed E-state index contributed by atoms with van der Waals surface area (Å²) in [6, 6.07) is 5.80. The van der Waals surface area contributed by atoms with Crippen LogP contribution >= 0.6 is 24.2 Å². The molecule has 0 bridgehead atoms. The molecule has 1 aromatic carbocycles. The molecule has 0 fully saturated rings. The van der Waals surface area contributed by atoms with Crippen LogP contribution in [0.25, 0.3) is 0 Å². The molecule has 1 aromatic rings. The summed E-state index contributed by atoms with van der Waals surface area (Å²) in [6.45, 7) is 1.99. The third-order valence-corrected chi connectivity index (χ3v) is 3.10. The maximum Gasteiger partial charge on any atom is 0.0630 e. The molecule has 0 unspecified atom stereocenters. The van der Waals surface area contributed by atoms with E-state index in [0.29, 0.717) is 5.02 Å². The van der Waals surface area contributed by atoms with Crippen LogP contribution in [0.2, 0.25) is 5.02 Å². The molecule has 1 aliphatic rings. The van der Waals surface area contributed by atoms with Gasteiger partial charge in [0.05, 0.1) is 10.7 Å². The van der Waals surface area contributed by atoms with Gasteiger partial charge in [-0.05, 0) is 13.0 Å². The molecule has 1 nitrogen and oxygen atoms in total. The molecule has 14 heavy (non-hydrogen) atoms. The Morgan fingerprint density at radius 3 is 2.86 bits per heavy atom. The summed E-state index contributed by atoms with van der Waals surface area (Å²) in [5.41, 5.74) is 3.08. The minimum atomic E-state index is 0.692. The Morgan fingerprint density at radius 1 is 1.43 bits per heavy atom. The number of halogens is 1. The minimum Gasteiger partial charge on any atom is -0.257 e. The minimum absolute atomic E-state index is 0.692. The summed E-state index contributed by atoms with van der Waals surface area (Å²) >= 11 is 10.4. The number of allylic oxidation sites excluding steroid dienone is 2. The average Bonchev–Trinajstić information content (AvgIpc) is 2.57. The first kappa shape index (κ1) is 9.81. The van der Waals surface area contributed by atoms with E-state index < -0.39 is 0 Å². The lowest BCUT2D eigenvalue weighted by Gasteiger charge is -2.05. The number of hydrogen-bond donors (Lipinski definition) is 1. The van der Waals surface area contributed by atoms with Crippen LogP contribution in [0.5, 0.6) is 0 Å². The molecule has 0 amide bonds. The SMILES string of the molecule is CC1=CCC(c2cccc(S)c2Cl)=N1. The molecule has 0 spiro atoms. The van der Waals surface area contributed by atoms with E-state index in [9.17, 15) is 0 Å². The van der Waals surface area contributed by atoms with E-state index in [1.165, 1.54) is 0 Å². The van der Waals surface area contributed by atoms with E-state index in [-0.39, 0.29) is 0 Å². The van der Waals surface area contributed by atoms with Crippen molar-refractivity contribution >= 4 is 29.9 Å². The average molecular weight is 224 g/mol. The number of thiol groups is 1. The van der Waals surface area contributed by atoms with E-state index in [0.717, 1.165) is 28.3 Å². The first-order chi connectivity index (χ1) is 6.68. The molecule has 0 aliphatic carbocycles. The lowest BCUT2D eigenvalue weighted by Crippen LogP contribution is -1.97. The summed E-state index contributed by atoms with van der Waals surface area (Å²) in [5.74, 6) is 0. The van der Waals surface area contributed by atoms with Crippen LogP contribution in [-0.4, -0.2) is 5.71 Å². The molecule has 0 atom stereocenters. The van der Waals surface area contributed by atoms with E-state index >= 15 is 0 Å². The highest BCUT2D eigenvalue weighted by Crippen LogP contribution is 2.27. The van der Waals surface area contributed by atoms with Crippen molar-refractivity contribution in [1.82, 2.24) is 0 Å². The van der Waals surface area contributed by atoms with Crippen LogP contribution in [0.4, 0.5) is 0 Å². The third-order valence-electron chi connectivity index (χ3n) is 2.19. The maximum atomic E-state index is 6.14. The van der Waals surface area contributed by atoms with Gasteiger partial charge in [0, 0.05) is 22.6 Å². The highest BCUT2D eigenvalue weighted by Gasteiger charge is 2.12. The zero-order chi connectivity index (χ0) is 10.1. The monoisotopic (exact) mass is 223 g/mol. The third kappa shape index (κ3) is 1.72. The number of hydrogen-bond acceptors (Lipinski definition) is 2. The van der Waals surface area contributed by atoms with Gasteiger partial charge >= 0.3 is 0 Å². The quantitative estimate of drug-likeness (QED) is 0.697. The van der Waals surface area contributed by atoms with Gasteiger partial charge in [-0.1, -0.05) is 29.8 Å². The lowest BCUT2D eigenvalue weighted by atomic mass is 10.1. The van der Waals surface area contributed by atoms with Crippen LogP contribution in [0.1, 0.15) is 18.9 Å². The summed E-state index contributed by atoms with van der Waals surface area (Å²) in [7, 11) is 0. The summed E-state index contributed by atoms with van der Waals surface area (Å²) < 4.78 is 0. The Kier molecular flexibility index (Phi) is 2.66. The standard InChI is InChI=1S/C11H10ClNS/c1-7-5-6-9(13-7)8-3-2-4-10(14)11(8)12/h2-5,14H,6H2,1H3. The fourth-order valence-corrected chi connectivity index (χ4v) is 1.90. The van der Waals surface area contributed by atoms with Gasteiger partial charge in [0.15, 0.2) is 0 Å². The molecule has 0 radical (unpaired) electrons. The van der Waals surface area contributed by atoms with Gasteiger partial charge in [0.25, 0.3) is 0 Å². The predicted octanol–water partition coefficient (Wildman–Crippen LogP) is 3.73. The fraction of sp³-hybridized carbons (Fsp3) is 0.182. The number of rotatable bonds is 1. The zero-order valence-electron chi connectivity index (χ0n) is 7.79. The Hall–Kier alpha value is -0.730. The zero-order valence-corrected chi connectivity index (χ0v) is 9.44. The van der Waals surface area contributed by atoms with Crippen molar-refractivity contribution in [2.45, 2.75) is 18.2 Å². The predicted molar refractivity (Wildman–Crippen MR) is 63.6 cm³/mol. The van der Waals surface area contributed by atoms with E-state index in [1.807, 2.05) is 25.1 Å². The van der Waals surface area contributed by atoms with Crippen molar-refractivity contribution in [2.24, 2.45) is 4.99 Å². The second-order valence-electron chi connectivity index (χ2n) is 3.25. The van der Waals surface area contributed by atoms with Crippen molar-refractivity contribution in [2.75, 3.05) is 0 Å². The van der Waals surface area contributed by atoms with Gasteiger partial charge in [-0.25, -0.2) is 0 Å². The normalized spacial score (nSPS) is 15.4. The second kappa shape index (κ2) is 3.79. The summed E-state index contributed by atoms with van der Waals surface area (Å²) in [5, 5.41) is 0.692. The van der Waals surface area contributed by atoms with Gasteiger partial charge in [0.1, 0.15) is 0 Å².